The average Bonchev–Trinajstić information content (AvgIpc) is 2.93. The van der Waals surface area contributed by atoms with E-state index in [0.717, 1.165) is 0 Å². The number of methoxy groups -OCH3 is 1. The lowest BCUT2D eigenvalue weighted by molar-refractivity contribution is -0.149. The van der Waals surface area contributed by atoms with Gasteiger partial charge in [-0.2, -0.15) is 0 Å². The van der Waals surface area contributed by atoms with Crippen molar-refractivity contribution in [2.75, 3.05) is 12.8 Å². The van der Waals surface area contributed by atoms with Gasteiger partial charge in [-0.05, 0) is 36.8 Å². The highest BCUT2D eigenvalue weighted by Crippen LogP contribution is 2.34. The first-order chi connectivity index (χ1) is 9.53. The van der Waals surface area contributed by atoms with Gasteiger partial charge in [-0.3, -0.25) is 9.59 Å². The van der Waals surface area contributed by atoms with Crippen LogP contribution in [0.4, 0.5) is 5.69 Å². The van der Waals surface area contributed by atoms with Crippen LogP contribution in [-0.2, 0) is 19.7 Å². The van der Waals surface area contributed by atoms with Gasteiger partial charge in [0.25, 0.3) is 0 Å². The van der Waals surface area contributed by atoms with Gasteiger partial charge < -0.3 is 15.5 Å². The Hall–Kier alpha value is -2.56. The molecule has 1 aromatic carbocycles. The first-order valence-corrected chi connectivity index (χ1v) is 6.12. The molecule has 0 fully saturated rings. The molecule has 1 aromatic heterocycles. The summed E-state index contributed by atoms with van der Waals surface area (Å²) in [4.78, 5) is 27.6. The fraction of sp³-hybridized carbons (Fsp3) is 0.200. The van der Waals surface area contributed by atoms with Crippen LogP contribution in [0.5, 0.6) is 0 Å². The Morgan fingerprint density at radius 2 is 2.00 bits per heavy atom. The molecule has 5 nitrogen and oxygen atoms in total. The molecule has 104 valence electrons. The highest BCUT2D eigenvalue weighted by molar-refractivity contribution is 6.12. The second-order valence-corrected chi connectivity index (χ2v) is 4.51. The van der Waals surface area contributed by atoms with Crippen molar-refractivity contribution in [1.29, 1.82) is 0 Å². The summed E-state index contributed by atoms with van der Waals surface area (Å²) in [6.07, 6.45) is 1.66. The van der Waals surface area contributed by atoms with E-state index >= 15 is 0 Å². The number of nitrogen functional groups attached to an aromatic ring is 1. The molecule has 2 aromatic rings. The third-order valence-electron chi connectivity index (χ3n) is 3.34. The first-order valence-electron chi connectivity index (χ1n) is 6.12. The van der Waals surface area contributed by atoms with E-state index in [0.29, 0.717) is 16.9 Å². The van der Waals surface area contributed by atoms with E-state index in [9.17, 15) is 9.59 Å². The molecule has 0 aliphatic rings. The van der Waals surface area contributed by atoms with Crippen molar-refractivity contribution in [2.45, 2.75) is 12.3 Å². The van der Waals surface area contributed by atoms with Crippen molar-refractivity contribution in [1.82, 2.24) is 4.98 Å². The van der Waals surface area contributed by atoms with Crippen LogP contribution in [0.25, 0.3) is 0 Å². The van der Waals surface area contributed by atoms with Gasteiger partial charge in [-0.25, -0.2) is 0 Å². The van der Waals surface area contributed by atoms with Crippen molar-refractivity contribution in [3.8, 4) is 0 Å². The molecule has 1 atom stereocenters. The monoisotopic (exact) mass is 272 g/mol. The lowest BCUT2D eigenvalue weighted by Crippen LogP contribution is -2.45. The Morgan fingerprint density at radius 3 is 2.50 bits per heavy atom. The number of nitrogens with two attached hydrogens (primary N) is 1. The van der Waals surface area contributed by atoms with E-state index in [-0.39, 0.29) is 5.78 Å². The number of benzene rings is 1. The fourth-order valence-electron chi connectivity index (χ4n) is 2.41. The summed E-state index contributed by atoms with van der Waals surface area (Å²) in [7, 11) is 1.26. The van der Waals surface area contributed by atoms with Gasteiger partial charge in [0.05, 0.1) is 7.11 Å². The second kappa shape index (κ2) is 5.21. The van der Waals surface area contributed by atoms with Gasteiger partial charge in [0, 0.05) is 17.6 Å². The number of H-pyrrole nitrogens is 1. The molecule has 1 unspecified atom stereocenters. The van der Waals surface area contributed by atoms with E-state index in [1.165, 1.54) is 14.0 Å². The maximum Gasteiger partial charge on any atom is 0.330 e. The van der Waals surface area contributed by atoms with Crippen LogP contribution in [0, 0.1) is 0 Å². The molecule has 0 bridgehead atoms. The molecule has 0 saturated carbocycles. The van der Waals surface area contributed by atoms with Crippen LogP contribution in [-0.4, -0.2) is 23.8 Å². The molecule has 5 heteroatoms. The fourth-order valence-corrected chi connectivity index (χ4v) is 2.41. The van der Waals surface area contributed by atoms with Crippen LogP contribution < -0.4 is 5.73 Å². The van der Waals surface area contributed by atoms with Gasteiger partial charge in [0.15, 0.2) is 11.2 Å². The van der Waals surface area contributed by atoms with Crippen molar-refractivity contribution < 1.29 is 14.3 Å². The summed E-state index contributed by atoms with van der Waals surface area (Å²) in [5, 5.41) is 0. The van der Waals surface area contributed by atoms with Crippen molar-refractivity contribution in [3.05, 3.63) is 53.9 Å². The number of rotatable bonds is 4. The Labute approximate surface area is 116 Å². The number of ether oxygens (including phenoxy) is 1. The van der Waals surface area contributed by atoms with Crippen molar-refractivity contribution >= 4 is 17.4 Å². The second-order valence-electron chi connectivity index (χ2n) is 4.51. The first kappa shape index (κ1) is 13.9. The minimum absolute atomic E-state index is 0.336. The quantitative estimate of drug-likeness (QED) is 0.503. The summed E-state index contributed by atoms with van der Waals surface area (Å²) in [5.41, 5.74) is 5.68. The maximum atomic E-state index is 12.4. The minimum atomic E-state index is -1.52. The van der Waals surface area contributed by atoms with Gasteiger partial charge in [0.1, 0.15) is 0 Å². The van der Waals surface area contributed by atoms with E-state index in [2.05, 4.69) is 4.98 Å². The van der Waals surface area contributed by atoms with Crippen LogP contribution in [0.2, 0.25) is 0 Å². The summed E-state index contributed by atoms with van der Waals surface area (Å²) < 4.78 is 4.87. The molecule has 0 spiro atoms. The van der Waals surface area contributed by atoms with Gasteiger partial charge in [0.2, 0.25) is 0 Å². The average molecular weight is 272 g/mol. The third kappa shape index (κ3) is 1.97. The number of Topliss-reactive ketones (excluding diaryl/α,β-unsaturated/α-hetero) is 1. The SMILES string of the molecule is COC(=O)C(C(C)=O)(c1cccc(N)c1)c1ccc[nH]1. The molecule has 0 aliphatic carbocycles. The number of carbonyl (C=O) groups is 2. The molecule has 0 saturated heterocycles. The standard InChI is InChI=1S/C15H16N2O3/c1-10(18)15(14(19)20-2,13-7-4-8-17-13)11-5-3-6-12(16)9-11/h3-9,17H,16H2,1-2H3. The number of hydrogen-bond donors (Lipinski definition) is 2. The van der Waals surface area contributed by atoms with Gasteiger partial charge in [-0.1, -0.05) is 12.1 Å². The number of aromatic nitrogens is 1. The van der Waals surface area contributed by atoms with Crippen LogP contribution in [0.3, 0.4) is 0 Å². The van der Waals surface area contributed by atoms with E-state index in [1.807, 2.05) is 0 Å². The molecule has 2 rings (SSSR count). The Kier molecular flexibility index (Phi) is 3.61. The predicted octanol–water partition coefficient (Wildman–Crippen LogP) is 1.65. The third-order valence-corrected chi connectivity index (χ3v) is 3.34. The van der Waals surface area contributed by atoms with E-state index < -0.39 is 11.4 Å². The number of aromatic amines is 1. The lowest BCUT2D eigenvalue weighted by atomic mass is 9.74. The maximum absolute atomic E-state index is 12.4. The minimum Gasteiger partial charge on any atom is -0.468 e. The van der Waals surface area contributed by atoms with Crippen LogP contribution in [0.15, 0.2) is 42.6 Å². The van der Waals surface area contributed by atoms with E-state index in [1.54, 1.807) is 42.6 Å². The molecule has 20 heavy (non-hydrogen) atoms. The summed E-state index contributed by atoms with van der Waals surface area (Å²) in [6, 6.07) is 10.1. The number of esters is 1. The van der Waals surface area contributed by atoms with Gasteiger partial charge in [-0.15, -0.1) is 0 Å². The highest BCUT2D eigenvalue weighted by atomic mass is 16.5. The Balaban J connectivity index is 2.77. The molecule has 0 amide bonds. The van der Waals surface area contributed by atoms with Gasteiger partial charge >= 0.3 is 5.97 Å². The largest absolute Gasteiger partial charge is 0.468 e. The number of nitrogens with one attached hydrogen (secondary N) is 1. The normalized spacial score (nSPS) is 13.5. The highest BCUT2D eigenvalue weighted by Gasteiger charge is 2.49. The number of ketones is 1. The lowest BCUT2D eigenvalue weighted by Gasteiger charge is -2.28. The molecule has 3 N–H and O–H groups in total. The predicted molar refractivity (Wildman–Crippen MR) is 75.1 cm³/mol. The molecule has 1 heterocycles. The van der Waals surface area contributed by atoms with Crippen molar-refractivity contribution in [2.24, 2.45) is 0 Å². The molecular weight excluding hydrogens is 256 g/mol. The Bertz CT molecular complexity index is 634. The molecular formula is C15H16N2O3. The smallest absolute Gasteiger partial charge is 0.330 e. The van der Waals surface area contributed by atoms with Crippen LogP contribution >= 0.6 is 0 Å². The number of hydrogen-bond acceptors (Lipinski definition) is 4. The molecule has 0 radical (unpaired) electrons. The number of anilines is 1. The zero-order valence-electron chi connectivity index (χ0n) is 11.3. The summed E-state index contributed by atoms with van der Waals surface area (Å²) in [6.45, 7) is 1.36. The molecule has 0 aliphatic heterocycles. The zero-order valence-corrected chi connectivity index (χ0v) is 11.3. The van der Waals surface area contributed by atoms with Crippen LogP contribution in [0.1, 0.15) is 18.2 Å². The number of carbonyl (C=O) groups excluding carboxylic acids is 2. The topological polar surface area (TPSA) is 85.2 Å². The summed E-state index contributed by atoms with van der Waals surface area (Å²) >= 11 is 0. The Morgan fingerprint density at radius 1 is 1.25 bits per heavy atom. The van der Waals surface area contributed by atoms with E-state index in [4.69, 9.17) is 10.5 Å². The summed E-state index contributed by atoms with van der Waals surface area (Å²) in [5.74, 6) is -0.976. The zero-order chi connectivity index (χ0) is 14.8. The van der Waals surface area contributed by atoms with Crippen molar-refractivity contribution in [3.63, 3.8) is 0 Å².